The van der Waals surface area contributed by atoms with E-state index in [4.69, 9.17) is 10.5 Å². The van der Waals surface area contributed by atoms with Gasteiger partial charge in [0, 0.05) is 23.5 Å². The van der Waals surface area contributed by atoms with Crippen molar-refractivity contribution in [3.63, 3.8) is 0 Å². The monoisotopic (exact) mass is 192 g/mol. The molecule has 2 rings (SSSR count). The fraction of sp³-hybridized carbons (Fsp3) is 0.545. The molecule has 0 spiro atoms. The van der Waals surface area contributed by atoms with Gasteiger partial charge in [-0.2, -0.15) is 0 Å². The van der Waals surface area contributed by atoms with Crippen LogP contribution in [0.5, 0.6) is 5.75 Å². The van der Waals surface area contributed by atoms with E-state index in [1.807, 2.05) is 12.1 Å². The Morgan fingerprint density at radius 1 is 1.57 bits per heavy atom. The average Bonchev–Trinajstić information content (AvgIpc) is 2.95. The number of rotatable bonds is 4. The van der Waals surface area contributed by atoms with E-state index in [1.54, 1.807) is 13.3 Å². The summed E-state index contributed by atoms with van der Waals surface area (Å²) in [5, 5.41) is 0. The molecule has 0 radical (unpaired) electrons. The molecule has 0 saturated heterocycles. The lowest BCUT2D eigenvalue weighted by molar-refractivity contribution is 0.413. The van der Waals surface area contributed by atoms with Gasteiger partial charge in [0.25, 0.3) is 0 Å². The highest BCUT2D eigenvalue weighted by Crippen LogP contribution is 2.36. The topological polar surface area (TPSA) is 48.1 Å². The van der Waals surface area contributed by atoms with Gasteiger partial charge in [0.1, 0.15) is 5.75 Å². The molecule has 1 heterocycles. The van der Waals surface area contributed by atoms with Gasteiger partial charge in [-0.05, 0) is 31.7 Å². The maximum atomic E-state index is 6.01. The normalized spacial score (nSPS) is 17.9. The lowest BCUT2D eigenvalue weighted by Crippen LogP contribution is -2.22. The van der Waals surface area contributed by atoms with Crippen molar-refractivity contribution in [2.75, 3.05) is 7.11 Å². The van der Waals surface area contributed by atoms with Gasteiger partial charge in [0.2, 0.25) is 0 Å². The molecule has 14 heavy (non-hydrogen) atoms. The average molecular weight is 192 g/mol. The van der Waals surface area contributed by atoms with E-state index >= 15 is 0 Å². The molecule has 1 aromatic rings. The van der Waals surface area contributed by atoms with Crippen LogP contribution in [0.3, 0.4) is 0 Å². The van der Waals surface area contributed by atoms with Crippen molar-refractivity contribution in [3.8, 4) is 5.75 Å². The van der Waals surface area contributed by atoms with Crippen LogP contribution in [0.2, 0.25) is 0 Å². The lowest BCUT2D eigenvalue weighted by Gasteiger charge is -2.08. The third-order valence-electron chi connectivity index (χ3n) is 2.79. The summed E-state index contributed by atoms with van der Waals surface area (Å²) in [7, 11) is 1.67. The second kappa shape index (κ2) is 3.58. The van der Waals surface area contributed by atoms with Gasteiger partial charge < -0.3 is 10.5 Å². The molecule has 0 atom stereocenters. The number of methoxy groups -OCH3 is 1. The Morgan fingerprint density at radius 3 is 3.00 bits per heavy atom. The molecule has 1 aliphatic carbocycles. The fourth-order valence-corrected chi connectivity index (χ4v) is 1.51. The lowest BCUT2D eigenvalue weighted by atomic mass is 10.1. The molecule has 1 aliphatic rings. The van der Waals surface area contributed by atoms with E-state index in [9.17, 15) is 0 Å². The van der Waals surface area contributed by atoms with E-state index < -0.39 is 0 Å². The molecule has 3 heteroatoms. The summed E-state index contributed by atoms with van der Waals surface area (Å²) in [5.41, 5.74) is 7.19. The minimum Gasteiger partial charge on any atom is -0.497 e. The molecule has 0 bridgehead atoms. The number of aromatic nitrogens is 1. The fourth-order valence-electron chi connectivity index (χ4n) is 1.51. The van der Waals surface area contributed by atoms with Crippen LogP contribution in [0.25, 0.3) is 0 Å². The maximum absolute atomic E-state index is 6.01. The Hall–Kier alpha value is -1.09. The van der Waals surface area contributed by atoms with Crippen LogP contribution >= 0.6 is 0 Å². The number of hydrogen-bond acceptors (Lipinski definition) is 3. The van der Waals surface area contributed by atoms with Crippen molar-refractivity contribution in [3.05, 3.63) is 24.0 Å². The zero-order valence-corrected chi connectivity index (χ0v) is 8.49. The van der Waals surface area contributed by atoms with Crippen molar-refractivity contribution < 1.29 is 4.74 Å². The van der Waals surface area contributed by atoms with Gasteiger partial charge in [0.05, 0.1) is 7.11 Å². The van der Waals surface area contributed by atoms with E-state index in [2.05, 4.69) is 4.98 Å². The zero-order chi connectivity index (χ0) is 10.0. The maximum Gasteiger partial charge on any atom is 0.122 e. The SMILES string of the molecule is COc1ccnc(CCC2(N)CC2)c1. The highest BCUT2D eigenvalue weighted by atomic mass is 16.5. The highest BCUT2D eigenvalue weighted by Gasteiger charge is 2.37. The molecular formula is C11H16N2O. The minimum atomic E-state index is 0.116. The molecule has 1 aromatic heterocycles. The summed E-state index contributed by atoms with van der Waals surface area (Å²) in [6, 6.07) is 3.84. The summed E-state index contributed by atoms with van der Waals surface area (Å²) in [4.78, 5) is 4.28. The Balaban J connectivity index is 1.94. The molecule has 76 valence electrons. The molecule has 0 unspecified atom stereocenters. The van der Waals surface area contributed by atoms with Gasteiger partial charge in [-0.25, -0.2) is 0 Å². The molecule has 1 saturated carbocycles. The van der Waals surface area contributed by atoms with Crippen molar-refractivity contribution in [2.45, 2.75) is 31.2 Å². The summed E-state index contributed by atoms with van der Waals surface area (Å²) in [6.07, 6.45) is 6.10. The van der Waals surface area contributed by atoms with Gasteiger partial charge in [0.15, 0.2) is 0 Å². The van der Waals surface area contributed by atoms with Gasteiger partial charge in [-0.15, -0.1) is 0 Å². The third-order valence-corrected chi connectivity index (χ3v) is 2.79. The molecule has 1 fully saturated rings. The largest absolute Gasteiger partial charge is 0.497 e. The third kappa shape index (κ3) is 2.23. The second-order valence-corrected chi connectivity index (χ2v) is 4.05. The summed E-state index contributed by atoms with van der Waals surface area (Å²) >= 11 is 0. The number of pyridine rings is 1. The summed E-state index contributed by atoms with van der Waals surface area (Å²) < 4.78 is 5.13. The van der Waals surface area contributed by atoms with Crippen LogP contribution in [0.1, 0.15) is 25.0 Å². The Labute approximate surface area is 84.3 Å². The molecule has 0 aromatic carbocycles. The predicted octanol–water partition coefficient (Wildman–Crippen LogP) is 1.51. The quantitative estimate of drug-likeness (QED) is 0.786. The van der Waals surface area contributed by atoms with Crippen LogP contribution in [0, 0.1) is 0 Å². The first-order valence-corrected chi connectivity index (χ1v) is 5.00. The molecule has 0 amide bonds. The van der Waals surface area contributed by atoms with E-state index in [-0.39, 0.29) is 5.54 Å². The number of nitrogens with zero attached hydrogens (tertiary/aromatic N) is 1. The van der Waals surface area contributed by atoms with Crippen molar-refractivity contribution in [1.29, 1.82) is 0 Å². The number of ether oxygens (including phenoxy) is 1. The number of hydrogen-bond donors (Lipinski definition) is 1. The van der Waals surface area contributed by atoms with E-state index in [0.29, 0.717) is 0 Å². The smallest absolute Gasteiger partial charge is 0.122 e. The van der Waals surface area contributed by atoms with Crippen molar-refractivity contribution >= 4 is 0 Å². The second-order valence-electron chi connectivity index (χ2n) is 4.05. The van der Waals surface area contributed by atoms with Gasteiger partial charge in [-0.3, -0.25) is 4.98 Å². The molecule has 3 nitrogen and oxygen atoms in total. The Kier molecular flexibility index (Phi) is 2.42. The first-order valence-electron chi connectivity index (χ1n) is 5.00. The molecular weight excluding hydrogens is 176 g/mol. The van der Waals surface area contributed by atoms with Crippen LogP contribution in [0.15, 0.2) is 18.3 Å². The van der Waals surface area contributed by atoms with Crippen molar-refractivity contribution in [2.24, 2.45) is 5.73 Å². The summed E-state index contributed by atoms with van der Waals surface area (Å²) in [5.74, 6) is 0.872. The number of aryl methyl sites for hydroxylation is 1. The minimum absolute atomic E-state index is 0.116. The summed E-state index contributed by atoms with van der Waals surface area (Å²) in [6.45, 7) is 0. The first kappa shape index (κ1) is 9.46. The number of nitrogens with two attached hydrogens (primary N) is 1. The Bertz CT molecular complexity index is 321. The van der Waals surface area contributed by atoms with Crippen LogP contribution < -0.4 is 10.5 Å². The van der Waals surface area contributed by atoms with Crippen LogP contribution in [-0.2, 0) is 6.42 Å². The van der Waals surface area contributed by atoms with Crippen LogP contribution in [-0.4, -0.2) is 17.6 Å². The van der Waals surface area contributed by atoms with Gasteiger partial charge >= 0.3 is 0 Å². The van der Waals surface area contributed by atoms with Gasteiger partial charge in [-0.1, -0.05) is 0 Å². The Morgan fingerprint density at radius 2 is 2.36 bits per heavy atom. The first-order chi connectivity index (χ1) is 6.72. The van der Waals surface area contributed by atoms with E-state index in [0.717, 1.165) is 37.1 Å². The molecule has 0 aliphatic heterocycles. The van der Waals surface area contributed by atoms with Crippen LogP contribution in [0.4, 0.5) is 0 Å². The molecule has 2 N–H and O–H groups in total. The standard InChI is InChI=1S/C11H16N2O/c1-14-10-3-7-13-9(8-10)2-4-11(12)5-6-11/h3,7-8H,2,4-6,12H2,1H3. The predicted molar refractivity (Wildman–Crippen MR) is 55.3 cm³/mol. The highest BCUT2D eigenvalue weighted by molar-refractivity contribution is 5.22. The van der Waals surface area contributed by atoms with E-state index in [1.165, 1.54) is 0 Å². The zero-order valence-electron chi connectivity index (χ0n) is 8.49. The van der Waals surface area contributed by atoms with Crippen molar-refractivity contribution in [1.82, 2.24) is 4.98 Å².